The van der Waals surface area contributed by atoms with Crippen molar-refractivity contribution >= 4 is 17.8 Å². The maximum absolute atomic E-state index is 12.8. The Morgan fingerprint density at radius 3 is 2.24 bits per heavy atom. The summed E-state index contributed by atoms with van der Waals surface area (Å²) in [6, 6.07) is 19.9. The van der Waals surface area contributed by atoms with E-state index in [4.69, 9.17) is 18.9 Å². The van der Waals surface area contributed by atoms with E-state index < -0.39 is 24.0 Å². The third-order valence-corrected chi connectivity index (χ3v) is 9.12. The summed E-state index contributed by atoms with van der Waals surface area (Å²) in [4.78, 5) is 38.8. The number of likely N-dealkylation sites (tertiary alicyclic amines) is 1. The fourth-order valence-corrected chi connectivity index (χ4v) is 6.49. The van der Waals surface area contributed by atoms with Crippen LogP contribution in [0.1, 0.15) is 85.0 Å². The number of rotatable bonds is 8. The number of esters is 2. The molecule has 4 heterocycles. The molecule has 4 aliphatic rings. The van der Waals surface area contributed by atoms with Gasteiger partial charge in [-0.15, -0.1) is 0 Å². The molecule has 3 aromatic carbocycles. The molecule has 3 atom stereocenters. The molecule has 0 bridgehead atoms. The first-order valence-electron chi connectivity index (χ1n) is 15.7. The Kier molecular flexibility index (Phi) is 8.69. The van der Waals surface area contributed by atoms with E-state index in [1.165, 1.54) is 18.2 Å². The van der Waals surface area contributed by atoms with Gasteiger partial charge in [0.15, 0.2) is 12.1 Å². The van der Waals surface area contributed by atoms with Crippen molar-refractivity contribution < 1.29 is 43.2 Å². The van der Waals surface area contributed by atoms with E-state index in [9.17, 15) is 19.5 Å². The Morgan fingerprint density at radius 2 is 1.52 bits per heavy atom. The van der Waals surface area contributed by atoms with E-state index in [2.05, 4.69) is 15.0 Å². The summed E-state index contributed by atoms with van der Waals surface area (Å²) in [5.41, 5.74) is 4.13. The number of hydrogen-bond donors (Lipinski definition) is 2. The average Bonchev–Trinajstić information content (AvgIpc) is 3.67. The van der Waals surface area contributed by atoms with Crippen molar-refractivity contribution in [2.75, 3.05) is 32.8 Å². The van der Waals surface area contributed by atoms with E-state index in [-0.39, 0.29) is 48.0 Å². The number of nitrogens with one attached hydrogen (secondary N) is 1. The van der Waals surface area contributed by atoms with E-state index >= 15 is 0 Å². The van der Waals surface area contributed by atoms with E-state index in [0.29, 0.717) is 19.6 Å². The molecule has 4 aliphatic heterocycles. The van der Waals surface area contributed by atoms with Gasteiger partial charge < -0.3 is 39.0 Å². The molecule has 11 nitrogen and oxygen atoms in total. The van der Waals surface area contributed by atoms with Gasteiger partial charge in [0.1, 0.15) is 0 Å². The van der Waals surface area contributed by atoms with E-state index in [1.807, 2.05) is 48.5 Å². The van der Waals surface area contributed by atoms with Crippen LogP contribution in [0.5, 0.6) is 0 Å². The monoisotopic (exact) mass is 628 g/mol. The van der Waals surface area contributed by atoms with Crippen molar-refractivity contribution in [1.82, 2.24) is 10.2 Å². The minimum atomic E-state index is -0.748. The fraction of sp³-hybridized carbons (Fsp3) is 0.400. The van der Waals surface area contributed by atoms with Crippen LogP contribution in [0.4, 0.5) is 0 Å². The van der Waals surface area contributed by atoms with Crippen molar-refractivity contribution in [3.63, 3.8) is 0 Å². The second kappa shape index (κ2) is 13.0. The third kappa shape index (κ3) is 6.48. The van der Waals surface area contributed by atoms with Crippen LogP contribution in [-0.2, 0) is 36.8 Å². The molecule has 7 rings (SSSR count). The number of ether oxygens (including phenoxy) is 5. The number of benzene rings is 3. The van der Waals surface area contributed by atoms with E-state index in [1.54, 1.807) is 0 Å². The summed E-state index contributed by atoms with van der Waals surface area (Å²) in [5, 5.41) is 12.4. The first kappa shape index (κ1) is 30.7. The number of carbonyl (C=O) groups is 3. The minimum absolute atomic E-state index is 0.0141. The lowest BCUT2D eigenvalue weighted by atomic mass is 9.98. The van der Waals surface area contributed by atoms with Gasteiger partial charge in [0.05, 0.1) is 43.2 Å². The number of amides is 1. The highest BCUT2D eigenvalue weighted by Crippen LogP contribution is 2.39. The number of nitrogens with zero attached hydrogens (tertiary/aromatic N) is 1. The number of cyclic esters (lactones) is 2. The van der Waals surface area contributed by atoms with Crippen molar-refractivity contribution in [2.24, 2.45) is 0 Å². The zero-order chi connectivity index (χ0) is 31.7. The molecule has 240 valence electrons. The lowest BCUT2D eigenvalue weighted by molar-refractivity contribution is -0.255. The Hall–Kier alpha value is -3.97. The summed E-state index contributed by atoms with van der Waals surface area (Å²) < 4.78 is 29.5. The molecule has 0 aromatic heterocycles. The maximum atomic E-state index is 12.8. The number of fused-ring (bicyclic) bond motifs is 1. The normalized spacial score (nSPS) is 24.2. The quantitative estimate of drug-likeness (QED) is 0.280. The highest BCUT2D eigenvalue weighted by atomic mass is 16.7. The third-order valence-electron chi connectivity index (χ3n) is 9.12. The van der Waals surface area contributed by atoms with Gasteiger partial charge in [0.2, 0.25) is 0 Å². The molecule has 1 amide bonds. The molecule has 11 heteroatoms. The second-order valence-electron chi connectivity index (χ2n) is 12.1. The number of carbonyl (C=O) groups excluding carboxylic acids is 3. The number of hydrogen-bond acceptors (Lipinski definition) is 10. The van der Waals surface area contributed by atoms with Crippen LogP contribution in [-0.4, -0.2) is 72.6 Å². The maximum Gasteiger partial charge on any atom is 0.346 e. The highest BCUT2D eigenvalue weighted by Gasteiger charge is 2.41. The SMILES string of the molecule is O=C(NCc1ccc(C2O[C@H](CN3CCC4(CC3)OCCO4)C[C@H](c3ccc(CO)cc3)O2)cc1)c1ccc2c(c1)C(=O)OC2=O. The Balaban J connectivity index is 1.01. The van der Waals surface area contributed by atoms with Crippen molar-refractivity contribution in [3.8, 4) is 0 Å². The Morgan fingerprint density at radius 1 is 0.848 bits per heavy atom. The van der Waals surface area contributed by atoms with Crippen molar-refractivity contribution in [1.29, 1.82) is 0 Å². The fourth-order valence-electron chi connectivity index (χ4n) is 6.49. The van der Waals surface area contributed by atoms with Crippen LogP contribution in [0.25, 0.3) is 0 Å². The molecular weight excluding hydrogens is 592 g/mol. The molecule has 0 aliphatic carbocycles. The molecular formula is C35H36N2O9. The standard InChI is InChI=1S/C35H36N2O9/c38-21-23-3-5-24(6-4-23)30-18-27(20-37-13-11-35(12-14-37)42-15-16-43-35)44-34(45-30)25-7-1-22(2-8-25)19-36-31(39)26-9-10-28-29(17-26)33(41)46-32(28)40/h1-10,17,27,30,34,38H,11-16,18-21H2,(H,36,39)/t27-,30+,34?/m0/s1. The summed E-state index contributed by atoms with van der Waals surface area (Å²) in [7, 11) is 0. The Labute approximate surface area is 266 Å². The van der Waals surface area contributed by atoms with Gasteiger partial charge in [0.25, 0.3) is 5.91 Å². The molecule has 3 fully saturated rings. The summed E-state index contributed by atoms with van der Waals surface area (Å²) in [6.45, 7) is 4.06. The van der Waals surface area contributed by atoms with Crippen LogP contribution in [0.15, 0.2) is 66.7 Å². The van der Waals surface area contributed by atoms with Crippen LogP contribution < -0.4 is 5.32 Å². The van der Waals surface area contributed by atoms with Crippen LogP contribution in [0.2, 0.25) is 0 Å². The second-order valence-corrected chi connectivity index (χ2v) is 12.1. The average molecular weight is 629 g/mol. The molecule has 1 unspecified atom stereocenters. The predicted octanol–water partition coefficient (Wildman–Crippen LogP) is 3.80. The van der Waals surface area contributed by atoms with Gasteiger partial charge in [-0.1, -0.05) is 48.5 Å². The molecule has 3 aromatic rings. The molecule has 3 saturated heterocycles. The van der Waals surface area contributed by atoms with Crippen LogP contribution >= 0.6 is 0 Å². The molecule has 2 N–H and O–H groups in total. The van der Waals surface area contributed by atoms with Gasteiger partial charge in [-0.2, -0.15) is 0 Å². The zero-order valence-electron chi connectivity index (χ0n) is 25.3. The topological polar surface area (TPSA) is 133 Å². The van der Waals surface area contributed by atoms with Gasteiger partial charge in [-0.25, -0.2) is 9.59 Å². The largest absolute Gasteiger partial charge is 0.392 e. The molecule has 0 saturated carbocycles. The smallest absolute Gasteiger partial charge is 0.346 e. The highest BCUT2D eigenvalue weighted by molar-refractivity contribution is 6.15. The first-order chi connectivity index (χ1) is 22.4. The number of aliphatic hydroxyl groups excluding tert-OH is 1. The predicted molar refractivity (Wildman–Crippen MR) is 163 cm³/mol. The van der Waals surface area contributed by atoms with Crippen LogP contribution in [0, 0.1) is 0 Å². The summed E-state index contributed by atoms with van der Waals surface area (Å²) in [6.07, 6.45) is 1.52. The minimum Gasteiger partial charge on any atom is -0.392 e. The van der Waals surface area contributed by atoms with Crippen molar-refractivity contribution in [3.05, 3.63) is 106 Å². The summed E-state index contributed by atoms with van der Waals surface area (Å²) >= 11 is 0. The summed E-state index contributed by atoms with van der Waals surface area (Å²) in [5.74, 6) is -2.25. The number of piperidine rings is 1. The van der Waals surface area contributed by atoms with Gasteiger partial charge >= 0.3 is 11.9 Å². The lowest BCUT2D eigenvalue weighted by Gasteiger charge is -2.41. The zero-order valence-corrected chi connectivity index (χ0v) is 25.3. The molecule has 46 heavy (non-hydrogen) atoms. The van der Waals surface area contributed by atoms with Crippen LogP contribution in [0.3, 0.4) is 0 Å². The lowest BCUT2D eigenvalue weighted by Crippen LogP contribution is -2.48. The van der Waals surface area contributed by atoms with Gasteiger partial charge in [-0.3, -0.25) is 4.79 Å². The Bertz CT molecular complexity index is 1590. The van der Waals surface area contributed by atoms with Crippen molar-refractivity contribution in [2.45, 2.75) is 56.7 Å². The van der Waals surface area contributed by atoms with Gasteiger partial charge in [-0.05, 0) is 34.9 Å². The molecule has 1 spiro atoms. The molecule has 0 radical (unpaired) electrons. The number of aliphatic hydroxyl groups is 1. The van der Waals surface area contributed by atoms with Gasteiger partial charge in [0, 0.05) is 56.6 Å². The first-order valence-corrected chi connectivity index (χ1v) is 15.7. The van der Waals surface area contributed by atoms with E-state index in [0.717, 1.165) is 54.7 Å².